The summed E-state index contributed by atoms with van der Waals surface area (Å²) in [6, 6.07) is 1.21. The van der Waals surface area contributed by atoms with Crippen LogP contribution in [0.15, 0.2) is 16.9 Å². The van der Waals surface area contributed by atoms with Gasteiger partial charge in [-0.25, -0.2) is 4.79 Å². The molecule has 0 radical (unpaired) electrons. The van der Waals surface area contributed by atoms with E-state index >= 15 is 0 Å². The summed E-state index contributed by atoms with van der Waals surface area (Å²) in [7, 11) is 0. The van der Waals surface area contributed by atoms with Gasteiger partial charge in [0.2, 0.25) is 0 Å². The average molecular weight is 253 g/mol. The Kier molecular flexibility index (Phi) is 3.81. The summed E-state index contributed by atoms with van der Waals surface area (Å²) in [4.78, 5) is 24.2. The number of carbonyl (C=O) groups excluding carboxylic acids is 1. The van der Waals surface area contributed by atoms with Crippen molar-refractivity contribution in [1.29, 1.82) is 0 Å². The SMILES string of the molecule is O=C(O)CC1CCCN1C(=O)NCc1ccon1. The van der Waals surface area contributed by atoms with E-state index in [2.05, 4.69) is 15.0 Å². The summed E-state index contributed by atoms with van der Waals surface area (Å²) in [6.07, 6.45) is 3.01. The number of hydrogen-bond donors (Lipinski definition) is 2. The second-order valence-corrected chi connectivity index (χ2v) is 4.24. The van der Waals surface area contributed by atoms with Crippen LogP contribution in [0, 0.1) is 0 Å². The maximum Gasteiger partial charge on any atom is 0.317 e. The Morgan fingerprint density at radius 3 is 3.11 bits per heavy atom. The average Bonchev–Trinajstić information content (AvgIpc) is 2.95. The zero-order valence-corrected chi connectivity index (χ0v) is 9.83. The van der Waals surface area contributed by atoms with E-state index in [1.54, 1.807) is 11.0 Å². The largest absolute Gasteiger partial charge is 0.481 e. The molecule has 1 fully saturated rings. The number of carboxylic acid groups (broad SMARTS) is 1. The minimum Gasteiger partial charge on any atom is -0.481 e. The highest BCUT2D eigenvalue weighted by Gasteiger charge is 2.30. The Balaban J connectivity index is 1.85. The van der Waals surface area contributed by atoms with Crippen LogP contribution in [0.5, 0.6) is 0 Å². The van der Waals surface area contributed by atoms with E-state index < -0.39 is 5.97 Å². The Morgan fingerprint density at radius 1 is 1.61 bits per heavy atom. The molecule has 1 aromatic rings. The number of urea groups is 1. The highest BCUT2D eigenvalue weighted by molar-refractivity contribution is 5.76. The topological polar surface area (TPSA) is 95.7 Å². The lowest BCUT2D eigenvalue weighted by Gasteiger charge is -2.23. The molecule has 1 aromatic heterocycles. The van der Waals surface area contributed by atoms with E-state index in [9.17, 15) is 9.59 Å². The molecule has 1 atom stereocenters. The Labute approximate surface area is 104 Å². The van der Waals surface area contributed by atoms with Crippen molar-refractivity contribution in [3.8, 4) is 0 Å². The second kappa shape index (κ2) is 5.52. The van der Waals surface area contributed by atoms with Crippen LogP contribution in [0.4, 0.5) is 4.79 Å². The molecule has 0 aromatic carbocycles. The Hall–Kier alpha value is -2.05. The van der Waals surface area contributed by atoms with Crippen molar-refractivity contribution in [2.45, 2.75) is 31.8 Å². The third-order valence-corrected chi connectivity index (χ3v) is 2.96. The minimum absolute atomic E-state index is 0.00260. The molecule has 2 heterocycles. The highest BCUT2D eigenvalue weighted by atomic mass is 16.5. The highest BCUT2D eigenvalue weighted by Crippen LogP contribution is 2.20. The van der Waals surface area contributed by atoms with Crippen LogP contribution in [-0.4, -0.2) is 39.8 Å². The predicted molar refractivity (Wildman–Crippen MR) is 60.7 cm³/mol. The molecule has 0 bridgehead atoms. The summed E-state index contributed by atoms with van der Waals surface area (Å²) >= 11 is 0. The van der Waals surface area contributed by atoms with Gasteiger partial charge in [-0.15, -0.1) is 0 Å². The molecule has 7 heteroatoms. The number of aliphatic carboxylic acids is 1. The fourth-order valence-electron chi connectivity index (χ4n) is 2.11. The van der Waals surface area contributed by atoms with Crippen molar-refractivity contribution in [2.24, 2.45) is 0 Å². The number of nitrogens with zero attached hydrogens (tertiary/aromatic N) is 2. The predicted octanol–water partition coefficient (Wildman–Crippen LogP) is 0.823. The van der Waals surface area contributed by atoms with Crippen molar-refractivity contribution in [2.75, 3.05) is 6.54 Å². The van der Waals surface area contributed by atoms with E-state index in [4.69, 9.17) is 5.11 Å². The number of rotatable bonds is 4. The van der Waals surface area contributed by atoms with Crippen LogP contribution < -0.4 is 5.32 Å². The zero-order valence-electron chi connectivity index (χ0n) is 9.83. The van der Waals surface area contributed by atoms with Crippen LogP contribution in [0.25, 0.3) is 0 Å². The van der Waals surface area contributed by atoms with Gasteiger partial charge in [0.1, 0.15) is 12.0 Å². The van der Waals surface area contributed by atoms with Crippen molar-refractivity contribution in [3.63, 3.8) is 0 Å². The van der Waals surface area contributed by atoms with E-state index in [0.29, 0.717) is 12.2 Å². The smallest absolute Gasteiger partial charge is 0.317 e. The first kappa shape index (κ1) is 12.4. The fraction of sp³-hybridized carbons (Fsp3) is 0.545. The lowest BCUT2D eigenvalue weighted by Crippen LogP contribution is -2.43. The van der Waals surface area contributed by atoms with E-state index in [1.807, 2.05) is 0 Å². The summed E-state index contributed by atoms with van der Waals surface area (Å²) in [5, 5.41) is 15.2. The van der Waals surface area contributed by atoms with Gasteiger partial charge in [-0.2, -0.15) is 0 Å². The normalized spacial score (nSPS) is 18.9. The molecule has 0 saturated carbocycles. The second-order valence-electron chi connectivity index (χ2n) is 4.24. The molecule has 2 rings (SSSR count). The van der Waals surface area contributed by atoms with E-state index in [0.717, 1.165) is 12.8 Å². The van der Waals surface area contributed by atoms with Gasteiger partial charge in [0.05, 0.1) is 13.0 Å². The summed E-state index contributed by atoms with van der Waals surface area (Å²) in [6.45, 7) is 0.883. The van der Waals surface area contributed by atoms with Gasteiger partial charge in [-0.1, -0.05) is 5.16 Å². The number of amides is 2. The maximum atomic E-state index is 11.9. The molecule has 2 N–H and O–H groups in total. The van der Waals surface area contributed by atoms with E-state index in [-0.39, 0.29) is 25.0 Å². The van der Waals surface area contributed by atoms with Crippen LogP contribution in [0.1, 0.15) is 25.0 Å². The first-order valence-electron chi connectivity index (χ1n) is 5.82. The van der Waals surface area contributed by atoms with Gasteiger partial charge in [0.15, 0.2) is 0 Å². The molecule has 0 aliphatic carbocycles. The molecule has 1 unspecified atom stereocenters. The minimum atomic E-state index is -0.879. The first-order chi connectivity index (χ1) is 8.66. The number of carbonyl (C=O) groups is 2. The molecule has 1 saturated heterocycles. The quantitative estimate of drug-likeness (QED) is 0.828. The molecule has 98 valence electrons. The van der Waals surface area contributed by atoms with Crippen LogP contribution in [-0.2, 0) is 11.3 Å². The van der Waals surface area contributed by atoms with Gasteiger partial charge in [-0.3, -0.25) is 4.79 Å². The van der Waals surface area contributed by atoms with Crippen LogP contribution in [0.2, 0.25) is 0 Å². The number of aromatic nitrogens is 1. The van der Waals surface area contributed by atoms with Gasteiger partial charge >= 0.3 is 12.0 Å². The number of nitrogens with one attached hydrogen (secondary N) is 1. The summed E-state index contributed by atoms with van der Waals surface area (Å²) in [5.41, 5.74) is 0.636. The Bertz CT molecular complexity index is 418. The van der Waals surface area contributed by atoms with Gasteiger partial charge in [-0.05, 0) is 12.8 Å². The maximum absolute atomic E-state index is 11.9. The van der Waals surface area contributed by atoms with Gasteiger partial charge in [0, 0.05) is 18.7 Å². The van der Waals surface area contributed by atoms with Crippen molar-refractivity contribution in [1.82, 2.24) is 15.4 Å². The third-order valence-electron chi connectivity index (χ3n) is 2.96. The molecule has 2 amide bonds. The molecule has 1 aliphatic rings. The van der Waals surface area contributed by atoms with Gasteiger partial charge in [0.25, 0.3) is 0 Å². The third kappa shape index (κ3) is 2.99. The number of carboxylic acids is 1. The number of likely N-dealkylation sites (tertiary alicyclic amines) is 1. The first-order valence-corrected chi connectivity index (χ1v) is 5.82. The monoisotopic (exact) mass is 253 g/mol. The molecule has 0 spiro atoms. The van der Waals surface area contributed by atoms with Gasteiger partial charge < -0.3 is 19.8 Å². The zero-order chi connectivity index (χ0) is 13.0. The molecule has 18 heavy (non-hydrogen) atoms. The summed E-state index contributed by atoms with van der Waals surface area (Å²) in [5.74, 6) is -0.879. The van der Waals surface area contributed by atoms with Crippen molar-refractivity contribution in [3.05, 3.63) is 18.0 Å². The molecular formula is C11H15N3O4. The molecular weight excluding hydrogens is 238 g/mol. The molecule has 1 aliphatic heterocycles. The molecule has 7 nitrogen and oxygen atoms in total. The van der Waals surface area contributed by atoms with Crippen LogP contribution >= 0.6 is 0 Å². The standard InChI is InChI=1S/C11H15N3O4/c15-10(16)6-9-2-1-4-14(9)11(17)12-7-8-3-5-18-13-8/h3,5,9H,1-2,4,6-7H2,(H,12,17)(H,15,16). The number of hydrogen-bond acceptors (Lipinski definition) is 4. The fourth-order valence-corrected chi connectivity index (χ4v) is 2.11. The Morgan fingerprint density at radius 2 is 2.44 bits per heavy atom. The van der Waals surface area contributed by atoms with E-state index in [1.165, 1.54) is 6.26 Å². The van der Waals surface area contributed by atoms with Crippen molar-refractivity contribution < 1.29 is 19.2 Å². The summed E-state index contributed by atoms with van der Waals surface area (Å²) < 4.78 is 4.65. The van der Waals surface area contributed by atoms with Crippen LogP contribution in [0.3, 0.4) is 0 Å². The van der Waals surface area contributed by atoms with Crippen molar-refractivity contribution >= 4 is 12.0 Å². The lowest BCUT2D eigenvalue weighted by atomic mass is 10.1. The lowest BCUT2D eigenvalue weighted by molar-refractivity contribution is -0.137.